The Kier molecular flexibility index (Phi) is 5.85. The van der Waals surface area contributed by atoms with Crippen LogP contribution in [0.3, 0.4) is 0 Å². The Morgan fingerprint density at radius 1 is 1.53 bits per heavy atom. The maximum Gasteiger partial charge on any atom is 0.211 e. The minimum Gasteiger partial charge on any atom is -0.393 e. The van der Waals surface area contributed by atoms with Gasteiger partial charge in [0.05, 0.1) is 11.9 Å². The van der Waals surface area contributed by atoms with Crippen molar-refractivity contribution in [2.45, 2.75) is 44.8 Å². The quantitative estimate of drug-likeness (QED) is 0.687. The van der Waals surface area contributed by atoms with Gasteiger partial charge in [0.25, 0.3) is 0 Å². The van der Waals surface area contributed by atoms with Crippen LogP contribution in [0.15, 0.2) is 0 Å². The van der Waals surface area contributed by atoms with Crippen molar-refractivity contribution in [3.63, 3.8) is 0 Å². The third kappa shape index (κ3) is 5.33. The summed E-state index contributed by atoms with van der Waals surface area (Å²) in [5.41, 5.74) is 0. The van der Waals surface area contributed by atoms with Crippen LogP contribution in [-0.4, -0.2) is 56.5 Å². The van der Waals surface area contributed by atoms with Crippen LogP contribution in [0.25, 0.3) is 0 Å². The third-order valence-electron chi connectivity index (χ3n) is 3.28. The molecule has 5 nitrogen and oxygen atoms in total. The lowest BCUT2D eigenvalue weighted by atomic mass is 10.1. The molecule has 0 aromatic heterocycles. The molecule has 0 aliphatic carbocycles. The lowest BCUT2D eigenvalue weighted by Crippen LogP contribution is -2.34. The van der Waals surface area contributed by atoms with E-state index in [4.69, 9.17) is 0 Å². The van der Waals surface area contributed by atoms with Crippen molar-refractivity contribution >= 4 is 10.0 Å². The van der Waals surface area contributed by atoms with E-state index in [1.807, 2.05) is 6.92 Å². The van der Waals surface area contributed by atoms with E-state index in [1.54, 1.807) is 0 Å². The first-order valence-corrected chi connectivity index (χ1v) is 7.93. The number of nitrogens with zero attached hydrogens (tertiary/aromatic N) is 1. The first-order valence-electron chi connectivity index (χ1n) is 6.28. The average Bonchev–Trinajstić information content (AvgIpc) is 2.65. The summed E-state index contributed by atoms with van der Waals surface area (Å²) in [5, 5.41) is 9.39. The molecule has 1 saturated heterocycles. The fourth-order valence-electron chi connectivity index (χ4n) is 2.41. The molecule has 1 rings (SSSR count). The number of nitrogens with one attached hydrogen (secondary N) is 1. The van der Waals surface area contributed by atoms with Gasteiger partial charge >= 0.3 is 0 Å². The molecule has 6 heteroatoms. The van der Waals surface area contributed by atoms with Gasteiger partial charge in [0.2, 0.25) is 10.0 Å². The highest BCUT2D eigenvalue weighted by Crippen LogP contribution is 2.21. The van der Waals surface area contributed by atoms with Crippen LogP contribution in [0, 0.1) is 0 Å². The van der Waals surface area contributed by atoms with E-state index in [2.05, 4.69) is 9.62 Å². The van der Waals surface area contributed by atoms with Crippen LogP contribution in [-0.2, 0) is 10.0 Å². The normalized spacial score (nSPS) is 24.1. The summed E-state index contributed by atoms with van der Waals surface area (Å²) in [6.45, 7) is 3.64. The Morgan fingerprint density at radius 2 is 2.24 bits per heavy atom. The van der Waals surface area contributed by atoms with Gasteiger partial charge in [-0.1, -0.05) is 0 Å². The van der Waals surface area contributed by atoms with Gasteiger partial charge in [0.1, 0.15) is 0 Å². The number of hydrogen-bond donors (Lipinski definition) is 2. The van der Waals surface area contributed by atoms with Gasteiger partial charge in [-0.05, 0) is 52.7 Å². The zero-order chi connectivity index (χ0) is 12.9. The van der Waals surface area contributed by atoms with Crippen LogP contribution in [0.5, 0.6) is 0 Å². The zero-order valence-electron chi connectivity index (χ0n) is 10.7. The molecular weight excluding hydrogens is 240 g/mol. The summed E-state index contributed by atoms with van der Waals surface area (Å²) in [7, 11) is -1.63. The van der Waals surface area contributed by atoms with Crippen molar-refractivity contribution in [1.29, 1.82) is 0 Å². The van der Waals surface area contributed by atoms with E-state index >= 15 is 0 Å². The molecule has 0 amide bonds. The lowest BCUT2D eigenvalue weighted by Gasteiger charge is -2.25. The van der Waals surface area contributed by atoms with Gasteiger partial charge in [-0.25, -0.2) is 13.1 Å². The van der Waals surface area contributed by atoms with Gasteiger partial charge < -0.3 is 10.0 Å². The fraction of sp³-hybridized carbons (Fsp3) is 1.00. The van der Waals surface area contributed by atoms with Crippen molar-refractivity contribution in [2.24, 2.45) is 0 Å². The molecule has 1 aliphatic rings. The zero-order valence-corrected chi connectivity index (χ0v) is 11.5. The van der Waals surface area contributed by atoms with Gasteiger partial charge in [-0.3, -0.25) is 0 Å². The van der Waals surface area contributed by atoms with E-state index in [1.165, 1.54) is 7.05 Å². The first kappa shape index (κ1) is 14.9. The van der Waals surface area contributed by atoms with Crippen LogP contribution in [0.1, 0.15) is 32.6 Å². The van der Waals surface area contributed by atoms with Gasteiger partial charge in [-0.15, -0.1) is 0 Å². The Bertz CT molecular complexity index is 317. The maximum absolute atomic E-state index is 11.3. The molecule has 17 heavy (non-hydrogen) atoms. The smallest absolute Gasteiger partial charge is 0.211 e. The summed E-state index contributed by atoms with van der Waals surface area (Å²) in [6, 6.07) is 0.423. The largest absolute Gasteiger partial charge is 0.393 e. The molecule has 102 valence electrons. The molecule has 0 bridgehead atoms. The van der Waals surface area contributed by atoms with Gasteiger partial charge in [-0.2, -0.15) is 0 Å². The van der Waals surface area contributed by atoms with Crippen LogP contribution in [0.4, 0.5) is 0 Å². The molecule has 0 aromatic rings. The van der Waals surface area contributed by atoms with E-state index < -0.39 is 10.0 Å². The molecule has 0 radical (unpaired) electrons. The minimum atomic E-state index is -3.08. The predicted octanol–water partition coefficient (Wildman–Crippen LogP) is 0.161. The standard InChI is InChI=1S/C11H24N2O3S/c1-10(14)9-11-5-3-6-13(11)7-4-8-17(15,16)12-2/h10-12,14H,3-9H2,1-2H3. The van der Waals surface area contributed by atoms with Gasteiger partial charge in [0.15, 0.2) is 0 Å². The second-order valence-electron chi connectivity index (χ2n) is 4.79. The fourth-order valence-corrected chi connectivity index (χ4v) is 3.12. The van der Waals surface area contributed by atoms with Crippen molar-refractivity contribution in [2.75, 3.05) is 25.9 Å². The van der Waals surface area contributed by atoms with Crippen molar-refractivity contribution in [1.82, 2.24) is 9.62 Å². The number of aliphatic hydroxyl groups is 1. The summed E-state index contributed by atoms with van der Waals surface area (Å²) >= 11 is 0. The number of likely N-dealkylation sites (tertiary alicyclic amines) is 1. The number of aliphatic hydroxyl groups excluding tert-OH is 1. The lowest BCUT2D eigenvalue weighted by molar-refractivity contribution is 0.134. The Balaban J connectivity index is 2.31. The van der Waals surface area contributed by atoms with Crippen molar-refractivity contribution < 1.29 is 13.5 Å². The molecule has 2 N–H and O–H groups in total. The highest BCUT2D eigenvalue weighted by atomic mass is 32.2. The van der Waals surface area contributed by atoms with E-state index in [0.29, 0.717) is 12.5 Å². The molecule has 1 heterocycles. The molecule has 2 unspecified atom stereocenters. The van der Waals surface area contributed by atoms with Gasteiger partial charge in [0, 0.05) is 6.04 Å². The summed E-state index contributed by atoms with van der Waals surface area (Å²) in [4.78, 5) is 2.30. The third-order valence-corrected chi connectivity index (χ3v) is 4.73. The summed E-state index contributed by atoms with van der Waals surface area (Å²) < 4.78 is 24.8. The second kappa shape index (κ2) is 6.68. The Morgan fingerprint density at radius 3 is 2.82 bits per heavy atom. The van der Waals surface area contributed by atoms with E-state index in [0.717, 1.165) is 32.4 Å². The van der Waals surface area contributed by atoms with Crippen molar-refractivity contribution in [3.8, 4) is 0 Å². The molecule has 1 aliphatic heterocycles. The molecule has 1 fully saturated rings. The topological polar surface area (TPSA) is 69.6 Å². The van der Waals surface area contributed by atoms with E-state index in [9.17, 15) is 13.5 Å². The predicted molar refractivity (Wildman–Crippen MR) is 68.4 cm³/mol. The molecule has 0 aromatic carbocycles. The highest BCUT2D eigenvalue weighted by Gasteiger charge is 2.25. The number of hydrogen-bond acceptors (Lipinski definition) is 4. The molecular formula is C11H24N2O3S. The second-order valence-corrected chi connectivity index (χ2v) is 6.84. The molecule has 0 saturated carbocycles. The number of rotatable bonds is 7. The minimum absolute atomic E-state index is 0.182. The van der Waals surface area contributed by atoms with E-state index in [-0.39, 0.29) is 11.9 Å². The monoisotopic (exact) mass is 264 g/mol. The van der Waals surface area contributed by atoms with Crippen LogP contribution >= 0.6 is 0 Å². The first-order chi connectivity index (χ1) is 7.94. The maximum atomic E-state index is 11.3. The highest BCUT2D eigenvalue weighted by molar-refractivity contribution is 7.89. The average molecular weight is 264 g/mol. The summed E-state index contributed by atoms with van der Waals surface area (Å²) in [6.07, 6.45) is 3.43. The Hall–Kier alpha value is -0.170. The Labute approximate surface area is 104 Å². The van der Waals surface area contributed by atoms with Crippen LogP contribution in [0.2, 0.25) is 0 Å². The SMILES string of the molecule is CNS(=O)(=O)CCCN1CCCC1CC(C)O. The van der Waals surface area contributed by atoms with Crippen LogP contribution < -0.4 is 4.72 Å². The number of sulfonamides is 1. The molecule has 2 atom stereocenters. The van der Waals surface area contributed by atoms with Crippen molar-refractivity contribution in [3.05, 3.63) is 0 Å². The summed E-state index contributed by atoms with van der Waals surface area (Å²) in [5.74, 6) is 0.182. The molecule has 0 spiro atoms.